The van der Waals surface area contributed by atoms with E-state index in [-0.39, 0.29) is 6.04 Å². The van der Waals surface area contributed by atoms with E-state index in [1.165, 1.54) is 84.3 Å². The Morgan fingerprint density at radius 2 is 1.69 bits per heavy atom. The van der Waals surface area contributed by atoms with E-state index >= 15 is 0 Å². The highest BCUT2D eigenvalue weighted by Gasteiger charge is 2.33. The zero-order valence-electron chi connectivity index (χ0n) is 21.9. The molecule has 0 aliphatic carbocycles. The molecule has 0 spiro atoms. The molecule has 2 unspecified atom stereocenters. The van der Waals surface area contributed by atoms with Crippen molar-refractivity contribution in [3.8, 4) is 0 Å². The molecule has 5 nitrogen and oxygen atoms in total. The highest BCUT2D eigenvalue weighted by Crippen LogP contribution is 2.44. The maximum absolute atomic E-state index is 3.85. The highest BCUT2D eigenvalue weighted by molar-refractivity contribution is 7.13. The third-order valence-electron chi connectivity index (χ3n) is 7.81. The van der Waals surface area contributed by atoms with Crippen LogP contribution in [0, 0.1) is 6.92 Å². The lowest BCUT2D eigenvalue weighted by Crippen LogP contribution is -2.43. The van der Waals surface area contributed by atoms with Crippen LogP contribution < -0.4 is 15.5 Å². The summed E-state index contributed by atoms with van der Waals surface area (Å²) in [5.74, 6) is 0. The maximum Gasteiger partial charge on any atom is 0.0736 e. The summed E-state index contributed by atoms with van der Waals surface area (Å²) in [6.07, 6.45) is 7.90. The molecule has 5 heterocycles. The van der Waals surface area contributed by atoms with Gasteiger partial charge in [0.2, 0.25) is 0 Å². The van der Waals surface area contributed by atoms with Gasteiger partial charge in [0.25, 0.3) is 0 Å². The third kappa shape index (κ3) is 5.40. The molecule has 1 aromatic carbocycles. The number of likely N-dealkylation sites (tertiary alicyclic amines) is 2. The fraction of sp³-hybridized carbons (Fsp3) is 0.586. The van der Waals surface area contributed by atoms with Gasteiger partial charge in [-0.25, -0.2) is 0 Å². The minimum Gasteiger partial charge on any atom is -0.373 e. The van der Waals surface area contributed by atoms with Gasteiger partial charge in [-0.05, 0) is 75.5 Å². The lowest BCUT2D eigenvalue weighted by molar-refractivity contribution is 0.245. The van der Waals surface area contributed by atoms with Gasteiger partial charge in [0.05, 0.1) is 22.3 Å². The van der Waals surface area contributed by atoms with E-state index in [9.17, 15) is 0 Å². The number of nitrogens with one attached hydrogen (secondary N) is 2. The second-order valence-electron chi connectivity index (χ2n) is 10.1. The van der Waals surface area contributed by atoms with Crippen molar-refractivity contribution < 1.29 is 0 Å². The van der Waals surface area contributed by atoms with Crippen LogP contribution in [-0.4, -0.2) is 68.2 Å². The SMILES string of the molecule is CC.Cc1cc2c(s1)C(N1CCCC1CN1CCCC1)=CC(c1ccc(N3CCNCC3)cc1)N2. The van der Waals surface area contributed by atoms with E-state index in [4.69, 9.17) is 0 Å². The van der Waals surface area contributed by atoms with E-state index in [1.807, 2.05) is 25.2 Å². The summed E-state index contributed by atoms with van der Waals surface area (Å²) in [6.45, 7) is 15.6. The van der Waals surface area contributed by atoms with Gasteiger partial charge >= 0.3 is 0 Å². The van der Waals surface area contributed by atoms with Gasteiger partial charge in [0.15, 0.2) is 0 Å². The Bertz CT molecular complexity index is 985. The molecule has 3 saturated heterocycles. The first-order chi connectivity index (χ1) is 17.2. The van der Waals surface area contributed by atoms with Gasteiger partial charge in [-0.1, -0.05) is 26.0 Å². The van der Waals surface area contributed by atoms with Crippen molar-refractivity contribution in [1.82, 2.24) is 15.1 Å². The van der Waals surface area contributed by atoms with Crippen molar-refractivity contribution in [2.45, 2.75) is 58.5 Å². The van der Waals surface area contributed by atoms with Crippen LogP contribution in [0.1, 0.15) is 60.9 Å². The molecule has 2 N–H and O–H groups in total. The van der Waals surface area contributed by atoms with Crippen molar-refractivity contribution in [2.75, 3.05) is 62.6 Å². The molecule has 1 aromatic heterocycles. The molecule has 6 heteroatoms. The Kier molecular flexibility index (Phi) is 8.01. The van der Waals surface area contributed by atoms with Crippen LogP contribution >= 0.6 is 11.3 Å². The van der Waals surface area contributed by atoms with Crippen LogP contribution in [0.15, 0.2) is 36.4 Å². The molecule has 0 radical (unpaired) electrons. The fourth-order valence-corrected chi connectivity index (χ4v) is 7.10. The third-order valence-corrected chi connectivity index (χ3v) is 8.89. The molecule has 35 heavy (non-hydrogen) atoms. The van der Waals surface area contributed by atoms with Crippen LogP contribution in [0.2, 0.25) is 0 Å². The summed E-state index contributed by atoms with van der Waals surface area (Å²) >= 11 is 1.95. The van der Waals surface area contributed by atoms with Gasteiger partial charge in [-0.3, -0.25) is 0 Å². The molecule has 190 valence electrons. The van der Waals surface area contributed by atoms with E-state index in [2.05, 4.69) is 68.7 Å². The number of hydrogen-bond donors (Lipinski definition) is 2. The van der Waals surface area contributed by atoms with Crippen LogP contribution in [0.4, 0.5) is 11.4 Å². The molecular weight excluding hydrogens is 450 g/mol. The van der Waals surface area contributed by atoms with E-state index < -0.39 is 0 Å². The van der Waals surface area contributed by atoms with Gasteiger partial charge in [0, 0.05) is 55.9 Å². The summed E-state index contributed by atoms with van der Waals surface area (Å²) in [6, 6.07) is 12.5. The van der Waals surface area contributed by atoms with E-state index in [0.29, 0.717) is 6.04 Å². The van der Waals surface area contributed by atoms with Crippen LogP contribution in [0.5, 0.6) is 0 Å². The standard InChI is InChI=1S/C27H37N5S.C2H6/c1-20-17-25-27(33-20)26(32-14-4-5-23(32)19-30-12-2-3-13-30)18-24(29-25)21-6-8-22(9-7-21)31-15-10-28-11-16-31;1-2/h6-9,17-18,23-24,28-29H,2-5,10-16,19H2,1H3;1-2H3. The number of rotatable bonds is 5. The second kappa shape index (κ2) is 11.4. The monoisotopic (exact) mass is 493 g/mol. The largest absolute Gasteiger partial charge is 0.373 e. The zero-order valence-corrected chi connectivity index (χ0v) is 22.7. The Balaban J connectivity index is 0.00000124. The number of piperazine rings is 1. The molecule has 0 saturated carbocycles. The molecule has 6 rings (SSSR count). The second-order valence-corrected chi connectivity index (χ2v) is 11.4. The van der Waals surface area contributed by atoms with Gasteiger partial charge in [-0.2, -0.15) is 0 Å². The Labute approximate surface area is 216 Å². The van der Waals surface area contributed by atoms with Gasteiger partial charge in [-0.15, -0.1) is 11.3 Å². The predicted molar refractivity (Wildman–Crippen MR) is 152 cm³/mol. The maximum atomic E-state index is 3.85. The molecule has 4 aliphatic heterocycles. The number of fused-ring (bicyclic) bond motifs is 1. The van der Waals surface area contributed by atoms with Crippen molar-refractivity contribution in [3.05, 3.63) is 51.7 Å². The predicted octanol–water partition coefficient (Wildman–Crippen LogP) is 5.56. The quantitative estimate of drug-likeness (QED) is 0.570. The first-order valence-corrected chi connectivity index (χ1v) is 14.7. The minimum atomic E-state index is 0.228. The molecule has 3 fully saturated rings. The lowest BCUT2D eigenvalue weighted by atomic mass is 10.00. The van der Waals surface area contributed by atoms with Crippen molar-refractivity contribution in [2.24, 2.45) is 0 Å². The average molecular weight is 494 g/mol. The molecule has 2 atom stereocenters. The molecular formula is C29H43N5S. The highest BCUT2D eigenvalue weighted by atomic mass is 32.1. The molecule has 0 bridgehead atoms. The molecule has 2 aromatic rings. The first kappa shape index (κ1) is 24.7. The van der Waals surface area contributed by atoms with Crippen LogP contribution in [0.3, 0.4) is 0 Å². The summed E-state index contributed by atoms with van der Waals surface area (Å²) in [7, 11) is 0. The summed E-state index contributed by atoms with van der Waals surface area (Å²) < 4.78 is 0. The number of thiophene rings is 1. The Hall–Kier alpha value is -2.02. The van der Waals surface area contributed by atoms with Crippen molar-refractivity contribution in [3.63, 3.8) is 0 Å². The van der Waals surface area contributed by atoms with Crippen LogP contribution in [-0.2, 0) is 0 Å². The fourth-order valence-electron chi connectivity index (χ4n) is 6.08. The van der Waals surface area contributed by atoms with Crippen molar-refractivity contribution >= 4 is 28.4 Å². The Morgan fingerprint density at radius 1 is 0.943 bits per heavy atom. The van der Waals surface area contributed by atoms with E-state index in [0.717, 1.165) is 26.2 Å². The number of hydrogen-bond acceptors (Lipinski definition) is 6. The average Bonchev–Trinajstić information content (AvgIpc) is 3.67. The summed E-state index contributed by atoms with van der Waals surface area (Å²) in [5, 5.41) is 7.30. The zero-order chi connectivity index (χ0) is 24.2. The van der Waals surface area contributed by atoms with Gasteiger partial charge in [0.1, 0.15) is 0 Å². The number of anilines is 2. The Morgan fingerprint density at radius 3 is 2.43 bits per heavy atom. The van der Waals surface area contributed by atoms with Gasteiger partial charge < -0.3 is 25.3 Å². The lowest BCUT2D eigenvalue weighted by Gasteiger charge is -2.35. The van der Waals surface area contributed by atoms with Crippen LogP contribution in [0.25, 0.3) is 5.70 Å². The smallest absolute Gasteiger partial charge is 0.0736 e. The van der Waals surface area contributed by atoms with E-state index in [1.54, 1.807) is 0 Å². The summed E-state index contributed by atoms with van der Waals surface area (Å²) in [4.78, 5) is 10.8. The topological polar surface area (TPSA) is 33.8 Å². The number of nitrogens with zero attached hydrogens (tertiary/aromatic N) is 3. The molecule has 0 amide bonds. The minimum absolute atomic E-state index is 0.228. The first-order valence-electron chi connectivity index (χ1n) is 13.9. The van der Waals surface area contributed by atoms with Crippen molar-refractivity contribution in [1.29, 1.82) is 0 Å². The molecule has 4 aliphatic rings. The summed E-state index contributed by atoms with van der Waals surface area (Å²) in [5.41, 5.74) is 5.49. The number of benzene rings is 1. The number of aryl methyl sites for hydroxylation is 1. The normalized spacial score (nSPS) is 24.5.